The highest BCUT2D eigenvalue weighted by molar-refractivity contribution is 5.51. The standard InChI is InChI=1S/C12H16N2O3.C7H14O.C6H4FNO2/c15-9-10-2-1-7-13(8-10)11-3-5-12(6-4-11)14(16)17;8-6-7-4-2-1-3-5-7;7-5-1-3-6(4-2-5)8(9)10/h3-6,10,15H,1-2,7-9H2;7-8H,1-6H2;1-4H. The number of nitro groups is 2. The quantitative estimate of drug-likeness (QED) is 0.440. The van der Waals surface area contributed by atoms with Crippen LogP contribution in [0.3, 0.4) is 0 Å². The molecule has 0 amide bonds. The Morgan fingerprint density at radius 2 is 1.26 bits per heavy atom. The van der Waals surface area contributed by atoms with Crippen molar-refractivity contribution >= 4 is 17.1 Å². The number of halogens is 1. The molecule has 192 valence electrons. The number of nitrogens with zero attached hydrogens (tertiary/aromatic N) is 3. The fraction of sp³-hybridized carbons (Fsp3) is 0.520. The fourth-order valence-corrected chi connectivity index (χ4v) is 4.17. The molecule has 2 N–H and O–H groups in total. The number of anilines is 1. The first kappa shape index (κ1) is 28.1. The first-order valence-electron chi connectivity index (χ1n) is 11.9. The molecule has 35 heavy (non-hydrogen) atoms. The van der Waals surface area contributed by atoms with Crippen LogP contribution in [0.1, 0.15) is 44.9 Å². The topological polar surface area (TPSA) is 130 Å². The Hall–Kier alpha value is -3.11. The van der Waals surface area contributed by atoms with E-state index in [1.165, 1.54) is 44.2 Å². The lowest BCUT2D eigenvalue weighted by molar-refractivity contribution is -0.385. The van der Waals surface area contributed by atoms with Crippen molar-refractivity contribution in [2.24, 2.45) is 11.8 Å². The SMILES string of the molecule is O=[N+]([O-])c1ccc(F)cc1.O=[N+]([O-])c1ccc(N2CCCC(CO)C2)cc1.OCC1CCCCC1. The Bertz CT molecular complexity index is 904. The summed E-state index contributed by atoms with van der Waals surface area (Å²) in [6, 6.07) is 11.0. The molecule has 9 nitrogen and oxygen atoms in total. The third-order valence-electron chi connectivity index (χ3n) is 6.22. The van der Waals surface area contributed by atoms with Crippen molar-refractivity contribution in [1.29, 1.82) is 0 Å². The average molecular weight is 492 g/mol. The second kappa shape index (κ2) is 15.0. The molecule has 1 unspecified atom stereocenters. The number of piperidine rings is 1. The molecule has 2 aliphatic rings. The molecule has 2 aromatic carbocycles. The van der Waals surface area contributed by atoms with Crippen molar-refractivity contribution in [3.63, 3.8) is 0 Å². The smallest absolute Gasteiger partial charge is 0.269 e. The lowest BCUT2D eigenvalue weighted by Crippen LogP contribution is -2.36. The fourth-order valence-electron chi connectivity index (χ4n) is 4.17. The van der Waals surface area contributed by atoms with E-state index in [-0.39, 0.29) is 18.0 Å². The molecule has 1 saturated carbocycles. The number of nitro benzene ring substituents is 2. The van der Waals surface area contributed by atoms with Crippen LogP contribution in [0.15, 0.2) is 48.5 Å². The van der Waals surface area contributed by atoms with Gasteiger partial charge in [0.05, 0.1) is 9.85 Å². The van der Waals surface area contributed by atoms with Crippen molar-refractivity contribution < 1.29 is 24.5 Å². The predicted octanol–water partition coefficient (Wildman–Crippen LogP) is 5.10. The minimum Gasteiger partial charge on any atom is -0.396 e. The van der Waals surface area contributed by atoms with Gasteiger partial charge in [0, 0.05) is 56.3 Å². The molecular weight excluding hydrogens is 457 g/mol. The largest absolute Gasteiger partial charge is 0.396 e. The van der Waals surface area contributed by atoms with Gasteiger partial charge in [0.15, 0.2) is 0 Å². The molecule has 1 saturated heterocycles. The highest BCUT2D eigenvalue weighted by Gasteiger charge is 2.19. The van der Waals surface area contributed by atoms with E-state index in [0.717, 1.165) is 55.9 Å². The summed E-state index contributed by atoms with van der Waals surface area (Å²) >= 11 is 0. The van der Waals surface area contributed by atoms with Crippen LogP contribution in [0.5, 0.6) is 0 Å². The molecule has 1 atom stereocenters. The van der Waals surface area contributed by atoms with Gasteiger partial charge >= 0.3 is 0 Å². The second-order valence-corrected chi connectivity index (χ2v) is 8.83. The first-order chi connectivity index (χ1) is 16.8. The zero-order valence-corrected chi connectivity index (χ0v) is 19.8. The van der Waals surface area contributed by atoms with Crippen LogP contribution < -0.4 is 4.90 Å². The van der Waals surface area contributed by atoms with E-state index in [1.54, 1.807) is 12.1 Å². The van der Waals surface area contributed by atoms with Crippen molar-refractivity contribution in [2.75, 3.05) is 31.2 Å². The van der Waals surface area contributed by atoms with Crippen LogP contribution in [-0.2, 0) is 0 Å². The summed E-state index contributed by atoms with van der Waals surface area (Å²) < 4.78 is 12.1. The molecule has 1 aliphatic heterocycles. The molecule has 2 fully saturated rings. The van der Waals surface area contributed by atoms with Crippen LogP contribution in [0.4, 0.5) is 21.5 Å². The van der Waals surface area contributed by atoms with E-state index >= 15 is 0 Å². The van der Waals surface area contributed by atoms with Crippen molar-refractivity contribution in [3.05, 3.63) is 74.6 Å². The minimum absolute atomic E-state index is 0.0959. The maximum absolute atomic E-state index is 12.1. The minimum atomic E-state index is -0.570. The average Bonchev–Trinajstić information content (AvgIpc) is 2.90. The lowest BCUT2D eigenvalue weighted by Gasteiger charge is -2.33. The molecule has 10 heteroatoms. The third-order valence-corrected chi connectivity index (χ3v) is 6.22. The van der Waals surface area contributed by atoms with Gasteiger partial charge in [-0.15, -0.1) is 0 Å². The van der Waals surface area contributed by atoms with Gasteiger partial charge in [0.1, 0.15) is 5.82 Å². The summed E-state index contributed by atoms with van der Waals surface area (Å²) in [5.74, 6) is 0.494. The van der Waals surface area contributed by atoms with Crippen molar-refractivity contribution in [3.8, 4) is 0 Å². The lowest BCUT2D eigenvalue weighted by atomic mass is 9.90. The summed E-state index contributed by atoms with van der Waals surface area (Å²) in [5.41, 5.74) is 1.01. The molecule has 0 spiro atoms. The van der Waals surface area contributed by atoms with Gasteiger partial charge in [0.2, 0.25) is 0 Å². The molecular formula is C25H34FN3O6. The number of benzene rings is 2. The van der Waals surface area contributed by atoms with E-state index in [1.807, 2.05) is 0 Å². The molecule has 0 radical (unpaired) electrons. The second-order valence-electron chi connectivity index (χ2n) is 8.83. The van der Waals surface area contributed by atoms with E-state index < -0.39 is 15.7 Å². The normalized spacial score (nSPS) is 17.9. The highest BCUT2D eigenvalue weighted by atomic mass is 19.1. The molecule has 4 rings (SSSR count). The molecule has 0 aromatic heterocycles. The van der Waals surface area contributed by atoms with Gasteiger partial charge in [-0.25, -0.2) is 4.39 Å². The van der Waals surface area contributed by atoms with Crippen molar-refractivity contribution in [2.45, 2.75) is 44.9 Å². The van der Waals surface area contributed by atoms with E-state index in [4.69, 9.17) is 10.2 Å². The molecule has 1 heterocycles. The van der Waals surface area contributed by atoms with Gasteiger partial charge in [-0.05, 0) is 61.8 Å². The number of aliphatic hydroxyl groups is 2. The zero-order valence-electron chi connectivity index (χ0n) is 19.8. The highest BCUT2D eigenvalue weighted by Crippen LogP contribution is 2.25. The maximum Gasteiger partial charge on any atom is 0.269 e. The maximum atomic E-state index is 12.1. The van der Waals surface area contributed by atoms with Crippen LogP contribution >= 0.6 is 0 Å². The van der Waals surface area contributed by atoms with Crippen LogP contribution in [0.25, 0.3) is 0 Å². The Kier molecular flexibility index (Phi) is 12.1. The van der Waals surface area contributed by atoms with E-state index in [0.29, 0.717) is 18.4 Å². The summed E-state index contributed by atoms with van der Waals surface area (Å²) in [6.07, 6.45) is 8.70. The van der Waals surface area contributed by atoms with Gasteiger partial charge in [0.25, 0.3) is 11.4 Å². The summed E-state index contributed by atoms with van der Waals surface area (Å²) in [6.45, 7) is 2.41. The summed E-state index contributed by atoms with van der Waals surface area (Å²) in [5, 5.41) is 38.4. The first-order valence-corrected chi connectivity index (χ1v) is 11.9. The Labute approximate surface area is 204 Å². The van der Waals surface area contributed by atoms with Crippen LogP contribution in [0.2, 0.25) is 0 Å². The van der Waals surface area contributed by atoms with Gasteiger partial charge in [-0.2, -0.15) is 0 Å². The zero-order chi connectivity index (χ0) is 25.6. The van der Waals surface area contributed by atoms with Gasteiger partial charge < -0.3 is 15.1 Å². The Balaban J connectivity index is 0.000000204. The summed E-state index contributed by atoms with van der Waals surface area (Å²) in [4.78, 5) is 21.8. The Morgan fingerprint density at radius 3 is 1.71 bits per heavy atom. The van der Waals surface area contributed by atoms with Gasteiger partial charge in [-0.1, -0.05) is 19.3 Å². The number of hydrogen-bond donors (Lipinski definition) is 2. The van der Waals surface area contributed by atoms with Gasteiger partial charge in [-0.3, -0.25) is 20.2 Å². The Morgan fingerprint density at radius 1 is 0.771 bits per heavy atom. The number of aliphatic hydroxyl groups excluding tert-OH is 2. The van der Waals surface area contributed by atoms with E-state index in [9.17, 15) is 24.6 Å². The predicted molar refractivity (Wildman–Crippen MR) is 132 cm³/mol. The molecule has 2 aromatic rings. The number of non-ortho nitro benzene ring substituents is 2. The van der Waals surface area contributed by atoms with Crippen LogP contribution in [0, 0.1) is 37.9 Å². The monoisotopic (exact) mass is 491 g/mol. The van der Waals surface area contributed by atoms with Crippen molar-refractivity contribution in [1.82, 2.24) is 0 Å². The summed E-state index contributed by atoms with van der Waals surface area (Å²) in [7, 11) is 0. The van der Waals surface area contributed by atoms with Crippen LogP contribution in [-0.4, -0.2) is 46.4 Å². The molecule has 0 bridgehead atoms. The number of hydrogen-bond acceptors (Lipinski definition) is 7. The third kappa shape index (κ3) is 9.96. The van der Waals surface area contributed by atoms with E-state index in [2.05, 4.69) is 4.90 Å². The number of rotatable bonds is 5. The molecule has 1 aliphatic carbocycles.